The molecule has 0 saturated carbocycles. The highest BCUT2D eigenvalue weighted by Gasteiger charge is 2.22. The third kappa shape index (κ3) is 4.44. The highest BCUT2D eigenvalue weighted by atomic mass is 15.1. The Bertz CT molecular complexity index is 3250. The van der Waals surface area contributed by atoms with Gasteiger partial charge in [-0.2, -0.15) is 0 Å². The van der Waals surface area contributed by atoms with Crippen molar-refractivity contribution in [2.45, 2.75) is 0 Å². The Morgan fingerprint density at radius 3 is 1.23 bits per heavy atom. The van der Waals surface area contributed by atoms with E-state index in [0.717, 1.165) is 72.4 Å². The van der Waals surface area contributed by atoms with Gasteiger partial charge in [0.1, 0.15) is 11.6 Å². The van der Waals surface area contributed by atoms with Crippen LogP contribution in [0.3, 0.4) is 0 Å². The minimum atomic E-state index is 0.665. The predicted molar refractivity (Wildman–Crippen MR) is 230 cm³/mol. The zero-order valence-corrected chi connectivity index (χ0v) is 30.2. The summed E-state index contributed by atoms with van der Waals surface area (Å²) in [7, 11) is 0. The Balaban J connectivity index is 1.20. The van der Waals surface area contributed by atoms with E-state index in [1.807, 2.05) is 6.07 Å². The Kier molecular flexibility index (Phi) is 6.53. The summed E-state index contributed by atoms with van der Waals surface area (Å²) in [4.78, 5) is 10.8. The molecule has 0 N–H and O–H groups in total. The molecule has 6 nitrogen and oxygen atoms in total. The largest absolute Gasteiger partial charge is 0.316 e. The molecule has 0 amide bonds. The maximum atomic E-state index is 5.42. The van der Waals surface area contributed by atoms with Crippen molar-refractivity contribution < 1.29 is 0 Å². The molecule has 0 bridgehead atoms. The molecule has 0 atom stereocenters. The van der Waals surface area contributed by atoms with Crippen LogP contribution in [0.1, 0.15) is 0 Å². The molecule has 5 heterocycles. The predicted octanol–water partition coefficient (Wildman–Crippen LogP) is 12.2. The van der Waals surface area contributed by atoms with E-state index in [0.29, 0.717) is 5.82 Å². The van der Waals surface area contributed by atoms with E-state index < -0.39 is 0 Å². The molecule has 0 unspecified atom stereocenters. The van der Waals surface area contributed by atoms with Crippen LogP contribution < -0.4 is 0 Å². The van der Waals surface area contributed by atoms with E-state index in [-0.39, 0.29) is 0 Å². The van der Waals surface area contributed by atoms with Crippen molar-refractivity contribution in [1.29, 1.82) is 0 Å². The van der Waals surface area contributed by atoms with Gasteiger partial charge in [0.05, 0.1) is 33.1 Å². The smallest absolute Gasteiger partial charge is 0.163 e. The Morgan fingerprint density at radius 2 is 0.750 bits per heavy atom. The highest BCUT2D eigenvalue weighted by Crippen LogP contribution is 2.40. The first-order valence-electron chi connectivity index (χ1n) is 18.9. The van der Waals surface area contributed by atoms with Gasteiger partial charge in [0.25, 0.3) is 0 Å². The van der Waals surface area contributed by atoms with Crippen LogP contribution in [0.5, 0.6) is 0 Å². The summed E-state index contributed by atoms with van der Waals surface area (Å²) in [5.74, 6) is 2.28. The number of hydrogen-bond donors (Lipinski definition) is 0. The van der Waals surface area contributed by atoms with Gasteiger partial charge in [-0.25, -0.2) is 9.97 Å². The number of aromatic nitrogens is 6. The molecule has 0 radical (unpaired) electrons. The maximum Gasteiger partial charge on any atom is 0.163 e. The fraction of sp³-hybridized carbons (Fsp3) is 0. The average Bonchev–Trinajstić information content (AvgIpc) is 4.05. The van der Waals surface area contributed by atoms with Gasteiger partial charge in [-0.3, -0.25) is 9.13 Å². The molecule has 56 heavy (non-hydrogen) atoms. The van der Waals surface area contributed by atoms with Crippen LogP contribution in [-0.4, -0.2) is 28.2 Å². The van der Waals surface area contributed by atoms with E-state index in [1.165, 1.54) is 21.5 Å². The second-order valence-corrected chi connectivity index (χ2v) is 14.3. The molecular weight excluding hydrogens is 685 g/mol. The van der Waals surface area contributed by atoms with Crippen LogP contribution in [-0.2, 0) is 0 Å². The van der Waals surface area contributed by atoms with Gasteiger partial charge in [0.2, 0.25) is 0 Å². The van der Waals surface area contributed by atoms with Gasteiger partial charge in [-0.05, 0) is 60.7 Å². The molecule has 0 saturated heterocycles. The number of rotatable bonds is 5. The minimum absolute atomic E-state index is 0.665. The summed E-state index contributed by atoms with van der Waals surface area (Å²) in [6.45, 7) is 0. The average molecular weight is 717 g/mol. The summed E-state index contributed by atoms with van der Waals surface area (Å²) in [5.41, 5.74) is 9.90. The molecule has 5 aromatic heterocycles. The van der Waals surface area contributed by atoms with Crippen molar-refractivity contribution in [3.05, 3.63) is 194 Å². The van der Waals surface area contributed by atoms with Gasteiger partial charge in [-0.15, -0.1) is 0 Å². The molecule has 12 rings (SSSR count). The maximum absolute atomic E-state index is 5.42. The van der Waals surface area contributed by atoms with E-state index in [4.69, 9.17) is 9.97 Å². The summed E-state index contributed by atoms with van der Waals surface area (Å²) >= 11 is 0. The zero-order chi connectivity index (χ0) is 36.7. The van der Waals surface area contributed by atoms with Crippen molar-refractivity contribution in [3.63, 3.8) is 0 Å². The molecule has 7 aromatic carbocycles. The summed E-state index contributed by atoms with van der Waals surface area (Å²) in [6, 6.07) is 64.4. The molecule has 0 aliphatic carbocycles. The zero-order valence-electron chi connectivity index (χ0n) is 30.2. The van der Waals surface area contributed by atoms with E-state index in [2.05, 4.69) is 207 Å². The third-order valence-corrected chi connectivity index (χ3v) is 11.3. The Hall–Kier alpha value is -7.70. The Morgan fingerprint density at radius 1 is 0.321 bits per heavy atom. The van der Waals surface area contributed by atoms with Gasteiger partial charge in [-0.1, -0.05) is 115 Å². The molecule has 262 valence electrons. The number of hydrogen-bond acceptors (Lipinski definition) is 2. The first kappa shape index (κ1) is 30.7. The fourth-order valence-corrected chi connectivity index (χ4v) is 8.82. The highest BCUT2D eigenvalue weighted by molar-refractivity contribution is 6.19. The van der Waals surface area contributed by atoms with Gasteiger partial charge >= 0.3 is 0 Å². The lowest BCUT2D eigenvalue weighted by molar-refractivity contribution is 0.996. The Labute approximate surface area is 321 Å². The van der Waals surface area contributed by atoms with Crippen molar-refractivity contribution in [2.75, 3.05) is 0 Å². The number of benzene rings is 7. The lowest BCUT2D eigenvalue weighted by Crippen LogP contribution is -2.06. The van der Waals surface area contributed by atoms with Crippen LogP contribution in [0.2, 0.25) is 0 Å². The van der Waals surface area contributed by atoms with E-state index >= 15 is 0 Å². The summed E-state index contributed by atoms with van der Waals surface area (Å²) in [5, 5.41) is 7.04. The van der Waals surface area contributed by atoms with Crippen LogP contribution in [0.4, 0.5) is 0 Å². The van der Waals surface area contributed by atoms with Gasteiger partial charge < -0.3 is 9.13 Å². The second-order valence-electron chi connectivity index (χ2n) is 14.3. The SMILES string of the molecule is c1ccc(-c2nc(-n3c4ccccc4c4ccc5c(ccn5-c5ccccc5)c43)cc(-n3c4ccccc4c4ccc5c(ccn5-c5ccccc5)c43)n2)cc1. The first-order chi connectivity index (χ1) is 27.8. The van der Waals surface area contributed by atoms with Gasteiger partial charge in [0, 0.05) is 67.7 Å². The molecule has 0 aliphatic rings. The topological polar surface area (TPSA) is 45.5 Å². The summed E-state index contributed by atoms with van der Waals surface area (Å²) in [6.07, 6.45) is 4.35. The standard InChI is InChI=1S/C50H32N6/c1-4-14-33(15-5-1)50-51-46(55-44-22-12-10-20-36(44)38-24-26-42-40(48(38)55)28-30-53(42)34-16-6-2-7-17-34)32-47(52-50)56-45-23-13-11-21-37(45)39-25-27-43-41(49(39)56)29-31-54(43)35-18-8-3-9-19-35/h1-32H. The minimum Gasteiger partial charge on any atom is -0.316 e. The van der Waals surface area contributed by atoms with E-state index in [9.17, 15) is 0 Å². The second kappa shape index (κ2) is 11.9. The quantitative estimate of drug-likeness (QED) is 0.178. The molecule has 0 spiro atoms. The van der Waals surface area contributed by atoms with Crippen molar-refractivity contribution in [2.24, 2.45) is 0 Å². The van der Waals surface area contributed by atoms with Crippen molar-refractivity contribution in [1.82, 2.24) is 28.2 Å². The number of nitrogens with zero attached hydrogens (tertiary/aromatic N) is 6. The van der Waals surface area contributed by atoms with Crippen molar-refractivity contribution >= 4 is 65.4 Å². The first-order valence-corrected chi connectivity index (χ1v) is 18.9. The van der Waals surface area contributed by atoms with Crippen LogP contribution in [0, 0.1) is 0 Å². The lowest BCUT2D eigenvalue weighted by atomic mass is 10.1. The van der Waals surface area contributed by atoms with Crippen molar-refractivity contribution in [3.8, 4) is 34.4 Å². The summed E-state index contributed by atoms with van der Waals surface area (Å²) < 4.78 is 9.22. The van der Waals surface area contributed by atoms with Crippen LogP contribution >= 0.6 is 0 Å². The van der Waals surface area contributed by atoms with E-state index in [1.54, 1.807) is 0 Å². The number of para-hydroxylation sites is 4. The normalized spacial score (nSPS) is 11.9. The lowest BCUT2D eigenvalue weighted by Gasteiger charge is -2.15. The van der Waals surface area contributed by atoms with Gasteiger partial charge in [0.15, 0.2) is 5.82 Å². The molecular formula is C50H32N6. The molecule has 0 aliphatic heterocycles. The third-order valence-electron chi connectivity index (χ3n) is 11.3. The fourth-order valence-electron chi connectivity index (χ4n) is 8.82. The number of fused-ring (bicyclic) bond motifs is 10. The molecule has 0 fully saturated rings. The van der Waals surface area contributed by atoms with Crippen LogP contribution in [0.15, 0.2) is 194 Å². The monoisotopic (exact) mass is 716 g/mol. The molecule has 6 heteroatoms. The van der Waals surface area contributed by atoms with Crippen LogP contribution in [0.25, 0.3) is 99.8 Å². The molecule has 12 aromatic rings.